The number of methoxy groups -OCH3 is 2. The third kappa shape index (κ3) is 4.03. The summed E-state index contributed by atoms with van der Waals surface area (Å²) in [5.74, 6) is 1.72. The lowest BCUT2D eigenvalue weighted by molar-refractivity contribution is -0.129. The lowest BCUT2D eigenvalue weighted by Gasteiger charge is -2.42. The van der Waals surface area contributed by atoms with Crippen LogP contribution in [-0.2, 0) is 16.0 Å². The highest BCUT2D eigenvalue weighted by Gasteiger charge is 2.52. The summed E-state index contributed by atoms with van der Waals surface area (Å²) in [5.41, 5.74) is 1.13. The summed E-state index contributed by atoms with van der Waals surface area (Å²) >= 11 is 6.49. The lowest BCUT2D eigenvalue weighted by atomic mass is 9.61. The van der Waals surface area contributed by atoms with E-state index in [4.69, 9.17) is 25.8 Å². The molecule has 2 unspecified atom stereocenters. The molecule has 6 heteroatoms. The van der Waals surface area contributed by atoms with Crippen molar-refractivity contribution in [1.82, 2.24) is 0 Å². The van der Waals surface area contributed by atoms with Crippen molar-refractivity contribution in [3.8, 4) is 11.5 Å². The lowest BCUT2D eigenvalue weighted by Crippen LogP contribution is -2.40. The van der Waals surface area contributed by atoms with Crippen LogP contribution in [0.25, 0.3) is 0 Å². The van der Waals surface area contributed by atoms with Gasteiger partial charge in [0.2, 0.25) is 0 Å². The van der Waals surface area contributed by atoms with Gasteiger partial charge in [-0.3, -0.25) is 9.59 Å². The van der Waals surface area contributed by atoms with Gasteiger partial charge in [0.25, 0.3) is 0 Å². The molecule has 31 heavy (non-hydrogen) atoms. The molecule has 1 aliphatic heterocycles. The molecular weight excluding hydrogens is 416 g/mol. The van der Waals surface area contributed by atoms with Crippen molar-refractivity contribution in [2.45, 2.75) is 65.6 Å². The van der Waals surface area contributed by atoms with E-state index in [9.17, 15) is 9.59 Å². The number of rotatable bonds is 7. The van der Waals surface area contributed by atoms with Gasteiger partial charge in [-0.2, -0.15) is 0 Å². The molecule has 1 heterocycles. The zero-order valence-corrected chi connectivity index (χ0v) is 20.3. The normalized spacial score (nSPS) is 32.9. The average molecular weight is 449 g/mol. The van der Waals surface area contributed by atoms with E-state index in [1.807, 2.05) is 13.8 Å². The van der Waals surface area contributed by atoms with Crippen LogP contribution < -0.4 is 9.47 Å². The van der Waals surface area contributed by atoms with Gasteiger partial charge in [-0.15, -0.1) is 0 Å². The molecule has 2 fully saturated rings. The number of aldehydes is 1. The van der Waals surface area contributed by atoms with Crippen molar-refractivity contribution in [1.29, 1.82) is 0 Å². The highest BCUT2D eigenvalue weighted by molar-refractivity contribution is 6.33. The minimum atomic E-state index is -0.461. The third-order valence-corrected chi connectivity index (χ3v) is 8.15. The molecule has 1 aromatic rings. The van der Waals surface area contributed by atoms with E-state index >= 15 is 0 Å². The van der Waals surface area contributed by atoms with Gasteiger partial charge in [-0.25, -0.2) is 0 Å². The first-order valence-corrected chi connectivity index (χ1v) is 11.2. The van der Waals surface area contributed by atoms with E-state index in [2.05, 4.69) is 26.0 Å². The summed E-state index contributed by atoms with van der Waals surface area (Å²) in [4.78, 5) is 24.0. The van der Waals surface area contributed by atoms with Crippen molar-refractivity contribution in [3.63, 3.8) is 0 Å². The van der Waals surface area contributed by atoms with Crippen LogP contribution in [0.15, 0.2) is 12.2 Å². The van der Waals surface area contributed by atoms with E-state index < -0.39 is 5.60 Å². The number of hydrogen-bond acceptors (Lipinski definition) is 5. The van der Waals surface area contributed by atoms with Gasteiger partial charge in [-0.05, 0) is 37.2 Å². The maximum atomic E-state index is 12.3. The van der Waals surface area contributed by atoms with Crippen molar-refractivity contribution < 1.29 is 23.8 Å². The number of Topliss-reactive ketones (excluding diaryl/α,β-unsaturated/α-hetero) is 1. The van der Waals surface area contributed by atoms with Gasteiger partial charge in [0.1, 0.15) is 22.9 Å². The molecule has 1 saturated heterocycles. The van der Waals surface area contributed by atoms with Gasteiger partial charge < -0.3 is 14.2 Å². The minimum absolute atomic E-state index is 0.0143. The monoisotopic (exact) mass is 448 g/mol. The summed E-state index contributed by atoms with van der Waals surface area (Å²) < 4.78 is 17.2. The van der Waals surface area contributed by atoms with Crippen molar-refractivity contribution >= 4 is 23.7 Å². The van der Waals surface area contributed by atoms with Gasteiger partial charge in [-0.1, -0.05) is 44.5 Å². The first kappa shape index (κ1) is 23.8. The van der Waals surface area contributed by atoms with Gasteiger partial charge in [0.05, 0.1) is 30.9 Å². The van der Waals surface area contributed by atoms with Crippen LogP contribution in [0.1, 0.15) is 62.0 Å². The molecule has 1 aromatic carbocycles. The van der Waals surface area contributed by atoms with Crippen LogP contribution in [0, 0.1) is 24.2 Å². The summed E-state index contributed by atoms with van der Waals surface area (Å²) in [6.07, 6.45) is 6.99. The number of epoxide rings is 1. The Morgan fingerprint density at radius 1 is 1.16 bits per heavy atom. The van der Waals surface area contributed by atoms with Crippen molar-refractivity contribution in [2.24, 2.45) is 17.3 Å². The molecule has 3 rings (SSSR count). The van der Waals surface area contributed by atoms with Crippen LogP contribution in [0.3, 0.4) is 0 Å². The SMILES string of the molecule is COc1c(Cl)c(C)c(C=O)c(OC)c1CC1OC1(C)/C=C/[C@@]1(C)[C@H](C)CCC(=O)[C@@H]1C. The number of halogens is 1. The Balaban J connectivity index is 1.88. The molecule has 5 nitrogen and oxygen atoms in total. The molecule has 0 amide bonds. The Morgan fingerprint density at radius 3 is 2.39 bits per heavy atom. The predicted molar refractivity (Wildman–Crippen MR) is 121 cm³/mol. The Labute approximate surface area is 190 Å². The molecule has 0 aromatic heterocycles. The average Bonchev–Trinajstić information content (AvgIpc) is 3.40. The standard InChI is InChI=1S/C25H33ClO5/c1-14-8-9-19(28)16(3)24(14,4)10-11-25(5)20(31-25)12-17-22(29-6)18(13-27)15(2)21(26)23(17)30-7/h10-11,13-14,16,20H,8-9,12H2,1-7H3/b11-10+/t14-,16+,20?,24+,25?/m1/s1. The second-order valence-corrected chi connectivity index (χ2v) is 9.72. The van der Waals surface area contributed by atoms with Crippen LogP contribution >= 0.6 is 11.6 Å². The highest BCUT2D eigenvalue weighted by atomic mass is 35.5. The predicted octanol–water partition coefficient (Wildman–Crippen LogP) is 5.38. The Morgan fingerprint density at radius 2 is 1.81 bits per heavy atom. The minimum Gasteiger partial charge on any atom is -0.496 e. The van der Waals surface area contributed by atoms with Gasteiger partial charge in [0.15, 0.2) is 6.29 Å². The van der Waals surface area contributed by atoms with Crippen LogP contribution in [0.4, 0.5) is 0 Å². The number of hydrogen-bond donors (Lipinski definition) is 0. The quantitative estimate of drug-likeness (QED) is 0.318. The maximum Gasteiger partial charge on any atom is 0.154 e. The molecule has 1 aliphatic carbocycles. The third-order valence-electron chi connectivity index (χ3n) is 7.69. The Hall–Kier alpha value is -1.85. The number of ether oxygens (including phenoxy) is 3. The molecular formula is C25H33ClO5. The van der Waals surface area contributed by atoms with E-state index in [1.54, 1.807) is 14.0 Å². The van der Waals surface area contributed by atoms with E-state index in [1.165, 1.54) is 7.11 Å². The molecule has 0 radical (unpaired) electrons. The number of allylic oxidation sites excluding steroid dienone is 1. The van der Waals surface area contributed by atoms with E-state index in [-0.39, 0.29) is 17.4 Å². The van der Waals surface area contributed by atoms with E-state index in [0.717, 1.165) is 18.3 Å². The Bertz CT molecular complexity index is 923. The molecule has 0 bridgehead atoms. The molecule has 0 spiro atoms. The Kier molecular flexibility index (Phi) is 6.60. The fourth-order valence-corrected chi connectivity index (χ4v) is 5.09. The summed E-state index contributed by atoms with van der Waals surface area (Å²) in [5, 5.41) is 0.411. The molecule has 0 N–H and O–H groups in total. The van der Waals surface area contributed by atoms with Crippen molar-refractivity contribution in [3.05, 3.63) is 33.9 Å². The smallest absolute Gasteiger partial charge is 0.154 e. The molecule has 1 saturated carbocycles. The number of carbonyl (C=O) groups excluding carboxylic acids is 2. The summed E-state index contributed by atoms with van der Waals surface area (Å²) in [6.45, 7) is 10.2. The van der Waals surface area contributed by atoms with Gasteiger partial charge in [0, 0.05) is 24.3 Å². The van der Waals surface area contributed by atoms with Crippen molar-refractivity contribution in [2.75, 3.05) is 14.2 Å². The zero-order valence-electron chi connectivity index (χ0n) is 19.5. The summed E-state index contributed by atoms with van der Waals surface area (Å²) in [6, 6.07) is 0. The molecule has 170 valence electrons. The van der Waals surface area contributed by atoms with Gasteiger partial charge >= 0.3 is 0 Å². The molecule has 5 atom stereocenters. The van der Waals surface area contributed by atoms with E-state index in [0.29, 0.717) is 52.2 Å². The second-order valence-electron chi connectivity index (χ2n) is 9.34. The summed E-state index contributed by atoms with van der Waals surface area (Å²) in [7, 11) is 3.09. The maximum absolute atomic E-state index is 12.3. The van der Waals surface area contributed by atoms with Crippen LogP contribution in [0.5, 0.6) is 11.5 Å². The fourth-order valence-electron chi connectivity index (χ4n) is 4.79. The number of carbonyl (C=O) groups is 2. The second kappa shape index (κ2) is 8.59. The zero-order chi connectivity index (χ0) is 23.1. The highest BCUT2D eigenvalue weighted by Crippen LogP contribution is 2.49. The topological polar surface area (TPSA) is 65.1 Å². The van der Waals surface area contributed by atoms with Crippen LogP contribution in [0.2, 0.25) is 5.02 Å². The number of ketones is 1. The number of benzene rings is 1. The first-order valence-electron chi connectivity index (χ1n) is 10.8. The largest absolute Gasteiger partial charge is 0.496 e. The molecule has 2 aliphatic rings. The fraction of sp³-hybridized carbons (Fsp3) is 0.600. The first-order chi connectivity index (χ1) is 14.5. The van der Waals surface area contributed by atoms with Crippen LogP contribution in [-0.4, -0.2) is 38.0 Å².